The van der Waals surface area contributed by atoms with E-state index in [1.54, 1.807) is 14.2 Å². The van der Waals surface area contributed by atoms with Crippen LogP contribution >= 0.6 is 0 Å². The molecule has 3 saturated heterocycles. The van der Waals surface area contributed by atoms with Gasteiger partial charge in [0.05, 0.1) is 13.2 Å². The van der Waals surface area contributed by atoms with Gasteiger partial charge in [-0.1, -0.05) is 47.5 Å². The van der Waals surface area contributed by atoms with Crippen molar-refractivity contribution >= 4 is 8.07 Å². The number of ether oxygens (including phenoxy) is 9. The van der Waals surface area contributed by atoms with Gasteiger partial charge in [-0.2, -0.15) is 0 Å². The predicted molar refractivity (Wildman–Crippen MR) is 147 cm³/mol. The van der Waals surface area contributed by atoms with Crippen LogP contribution in [0.2, 0.25) is 16.6 Å². The number of rotatable bonds is 12. The fourth-order valence-corrected chi connectivity index (χ4v) is 11.9. The Balaban J connectivity index is 1.71. The van der Waals surface area contributed by atoms with Crippen LogP contribution < -0.4 is 0 Å². The van der Waals surface area contributed by atoms with Crippen molar-refractivity contribution in [1.29, 1.82) is 0 Å². The van der Waals surface area contributed by atoms with E-state index in [4.69, 9.17) is 42.6 Å². The standard InChI is InChI=1S/C28H50O10Si/c1-16(2)39(17(3)4,18(5)6)13-11-12-34-14-19-21(29)23(30-7)25(32-9)28(36-19)38-22-20-15-35-27(37-20)26(33-10)24(22)31-8/h16-29H,12,14-15H2,1-10H3/t19-,20-,21-,22-,23+,24+,25-,26-,27-,28-/m1/s1. The third-order valence-corrected chi connectivity index (χ3v) is 15.0. The smallest absolute Gasteiger partial charge is 0.187 e. The molecule has 0 radical (unpaired) electrons. The number of aliphatic hydroxyl groups excluding tert-OH is 1. The molecule has 0 saturated carbocycles. The van der Waals surface area contributed by atoms with Crippen LogP contribution in [0.25, 0.3) is 0 Å². The van der Waals surface area contributed by atoms with Crippen LogP contribution in [0.1, 0.15) is 41.5 Å². The molecular formula is C28H50O10Si. The fraction of sp³-hybridized carbons (Fsp3) is 0.929. The van der Waals surface area contributed by atoms with Crippen LogP contribution in [0.3, 0.4) is 0 Å². The van der Waals surface area contributed by atoms with Gasteiger partial charge in [0.2, 0.25) is 0 Å². The molecule has 1 N–H and O–H groups in total. The summed E-state index contributed by atoms with van der Waals surface area (Å²) in [5.74, 6) is 3.29. The van der Waals surface area contributed by atoms with Gasteiger partial charge in [0.1, 0.15) is 63.5 Å². The van der Waals surface area contributed by atoms with Crippen molar-refractivity contribution in [2.24, 2.45) is 0 Å². The molecule has 3 aliphatic rings. The lowest BCUT2D eigenvalue weighted by Crippen LogP contribution is -2.64. The maximum Gasteiger partial charge on any atom is 0.187 e. The number of hydrogen-bond acceptors (Lipinski definition) is 10. The minimum Gasteiger partial charge on any atom is -0.387 e. The zero-order valence-corrected chi connectivity index (χ0v) is 26.2. The minimum absolute atomic E-state index is 0.121. The third kappa shape index (κ3) is 6.73. The van der Waals surface area contributed by atoms with E-state index in [9.17, 15) is 5.11 Å². The number of methoxy groups -OCH3 is 4. The summed E-state index contributed by atoms with van der Waals surface area (Å²) in [7, 11) is 4.39. The lowest BCUT2D eigenvalue weighted by atomic mass is 9.97. The van der Waals surface area contributed by atoms with E-state index in [0.29, 0.717) is 23.2 Å². The summed E-state index contributed by atoms with van der Waals surface area (Å²) in [6.07, 6.45) is -6.35. The first-order valence-corrected chi connectivity index (χ1v) is 16.2. The van der Waals surface area contributed by atoms with E-state index in [-0.39, 0.29) is 19.3 Å². The summed E-state index contributed by atoms with van der Waals surface area (Å²) in [6.45, 7) is 14.4. The van der Waals surface area contributed by atoms with Gasteiger partial charge in [-0.3, -0.25) is 0 Å². The normalized spacial score (nSPS) is 37.0. The summed E-state index contributed by atoms with van der Waals surface area (Å²) < 4.78 is 53.0. The quantitative estimate of drug-likeness (QED) is 0.212. The summed E-state index contributed by atoms with van der Waals surface area (Å²) in [5, 5.41) is 11.1. The first kappa shape index (κ1) is 32.9. The van der Waals surface area contributed by atoms with Crippen molar-refractivity contribution in [1.82, 2.24) is 0 Å². The Labute approximate surface area is 235 Å². The summed E-state index contributed by atoms with van der Waals surface area (Å²) >= 11 is 0. The van der Waals surface area contributed by atoms with Crippen LogP contribution in [0.5, 0.6) is 0 Å². The fourth-order valence-electron chi connectivity index (χ4n) is 6.68. The highest BCUT2D eigenvalue weighted by molar-refractivity contribution is 6.90. The van der Waals surface area contributed by atoms with Crippen molar-refractivity contribution in [3.8, 4) is 11.5 Å². The molecule has 0 spiro atoms. The highest BCUT2D eigenvalue weighted by Crippen LogP contribution is 2.41. The topological polar surface area (TPSA) is 103 Å². The molecule has 0 unspecified atom stereocenters. The average molecular weight is 575 g/mol. The van der Waals surface area contributed by atoms with Gasteiger partial charge in [0.25, 0.3) is 0 Å². The van der Waals surface area contributed by atoms with Gasteiger partial charge in [-0.05, 0) is 16.6 Å². The average Bonchev–Trinajstić information content (AvgIpc) is 3.32. The first-order valence-electron chi connectivity index (χ1n) is 14.0. The number of aliphatic hydroxyl groups is 1. The number of hydrogen-bond donors (Lipinski definition) is 1. The molecule has 3 fully saturated rings. The van der Waals surface area contributed by atoms with Crippen LogP contribution in [-0.2, 0) is 42.6 Å². The van der Waals surface area contributed by atoms with Crippen molar-refractivity contribution in [3.63, 3.8) is 0 Å². The molecule has 3 aliphatic heterocycles. The minimum atomic E-state index is -1.85. The maximum absolute atomic E-state index is 11.1. The van der Waals surface area contributed by atoms with Gasteiger partial charge in [-0.15, -0.1) is 5.54 Å². The molecule has 11 heteroatoms. The Morgan fingerprint density at radius 3 is 1.92 bits per heavy atom. The lowest BCUT2D eigenvalue weighted by Gasteiger charge is -2.46. The van der Waals surface area contributed by atoms with Gasteiger partial charge < -0.3 is 47.7 Å². The van der Waals surface area contributed by atoms with Crippen LogP contribution in [0.4, 0.5) is 0 Å². The highest BCUT2D eigenvalue weighted by atomic mass is 28.3. The Bertz CT molecular complexity index is 792. The van der Waals surface area contributed by atoms with E-state index in [1.807, 2.05) is 0 Å². The van der Waals surface area contributed by atoms with E-state index in [0.717, 1.165) is 0 Å². The zero-order valence-electron chi connectivity index (χ0n) is 25.2. The van der Waals surface area contributed by atoms with Crippen molar-refractivity contribution in [2.75, 3.05) is 48.3 Å². The second-order valence-corrected chi connectivity index (χ2v) is 17.1. The maximum atomic E-state index is 11.1. The molecule has 3 heterocycles. The van der Waals surface area contributed by atoms with Crippen LogP contribution in [0, 0.1) is 11.5 Å². The highest BCUT2D eigenvalue weighted by Gasteiger charge is 2.55. The molecule has 10 atom stereocenters. The zero-order chi connectivity index (χ0) is 28.9. The number of fused-ring (bicyclic) bond motifs is 2. The second kappa shape index (κ2) is 14.5. The predicted octanol–water partition coefficient (Wildman–Crippen LogP) is 2.51. The van der Waals surface area contributed by atoms with Crippen molar-refractivity contribution in [3.05, 3.63) is 0 Å². The Kier molecular flexibility index (Phi) is 12.2. The molecule has 3 rings (SSSR count). The van der Waals surface area contributed by atoms with Gasteiger partial charge in [0.15, 0.2) is 12.6 Å². The Hall–Kier alpha value is -0.623. The van der Waals surface area contributed by atoms with E-state index in [2.05, 4.69) is 53.0 Å². The molecule has 0 aromatic heterocycles. The van der Waals surface area contributed by atoms with E-state index >= 15 is 0 Å². The van der Waals surface area contributed by atoms with Gasteiger partial charge in [-0.25, -0.2) is 0 Å². The third-order valence-electron chi connectivity index (χ3n) is 8.64. The molecular weight excluding hydrogens is 524 g/mol. The van der Waals surface area contributed by atoms with Crippen LogP contribution in [-0.4, -0.2) is 123 Å². The molecule has 226 valence electrons. The molecule has 2 bridgehead atoms. The molecule has 39 heavy (non-hydrogen) atoms. The Morgan fingerprint density at radius 1 is 0.795 bits per heavy atom. The largest absolute Gasteiger partial charge is 0.387 e. The van der Waals surface area contributed by atoms with Crippen LogP contribution in [0.15, 0.2) is 0 Å². The molecule has 0 aromatic rings. The van der Waals surface area contributed by atoms with Crippen molar-refractivity contribution < 1.29 is 47.7 Å². The molecule has 0 aromatic carbocycles. The molecule has 0 aliphatic carbocycles. The second-order valence-electron chi connectivity index (χ2n) is 11.5. The first-order chi connectivity index (χ1) is 18.6. The summed E-state index contributed by atoms with van der Waals surface area (Å²) in [4.78, 5) is 0. The Morgan fingerprint density at radius 2 is 1.38 bits per heavy atom. The van der Waals surface area contributed by atoms with Gasteiger partial charge in [0, 0.05) is 28.4 Å². The summed E-state index contributed by atoms with van der Waals surface area (Å²) in [5.41, 5.74) is 5.27. The summed E-state index contributed by atoms with van der Waals surface area (Å²) in [6, 6.07) is 0. The monoisotopic (exact) mass is 574 g/mol. The lowest BCUT2D eigenvalue weighted by molar-refractivity contribution is -0.345. The molecule has 10 nitrogen and oxygen atoms in total. The van der Waals surface area contributed by atoms with Crippen molar-refractivity contribution in [2.45, 2.75) is 120 Å². The SMILES string of the molecule is CO[C@@H]1[C@@H](OC)[C@@H]2OC[C@@H](O2)[C@H]1O[C@H]1O[C@H](COCC#C[Si](C(C)C)(C(C)C)C(C)C)[C@@H](O)[C@H](OC)[C@H]1OC. The van der Waals surface area contributed by atoms with E-state index in [1.165, 1.54) is 14.2 Å². The van der Waals surface area contributed by atoms with E-state index < -0.39 is 63.4 Å². The molecule has 0 amide bonds. The van der Waals surface area contributed by atoms with Gasteiger partial charge >= 0.3 is 0 Å².